The van der Waals surface area contributed by atoms with E-state index < -0.39 is 0 Å². The first kappa shape index (κ1) is 16.0. The molecule has 1 aliphatic rings. The summed E-state index contributed by atoms with van der Waals surface area (Å²) in [6, 6.07) is 8.29. The second-order valence-electron chi connectivity index (χ2n) is 5.68. The first-order valence-electron chi connectivity index (χ1n) is 8.30. The molecule has 23 heavy (non-hydrogen) atoms. The lowest BCUT2D eigenvalue weighted by atomic mass is 10.1. The van der Waals surface area contributed by atoms with Gasteiger partial charge in [0.1, 0.15) is 11.8 Å². The Labute approximate surface area is 136 Å². The summed E-state index contributed by atoms with van der Waals surface area (Å²) in [7, 11) is 0. The average Bonchev–Trinajstić information content (AvgIpc) is 3.25. The molecular formula is C17H24N4O2. The van der Waals surface area contributed by atoms with Crippen LogP contribution in [-0.4, -0.2) is 39.8 Å². The van der Waals surface area contributed by atoms with Gasteiger partial charge in [0.05, 0.1) is 18.0 Å². The Morgan fingerprint density at radius 2 is 2.00 bits per heavy atom. The van der Waals surface area contributed by atoms with Gasteiger partial charge in [-0.3, -0.25) is 0 Å². The summed E-state index contributed by atoms with van der Waals surface area (Å²) < 4.78 is 7.58. The number of anilines is 1. The van der Waals surface area contributed by atoms with E-state index in [1.54, 1.807) is 4.68 Å². The molecule has 0 radical (unpaired) electrons. The Morgan fingerprint density at radius 3 is 2.57 bits per heavy atom. The minimum Gasteiger partial charge on any atom is -0.390 e. The number of aliphatic hydroxyl groups excluding tert-OH is 1. The summed E-state index contributed by atoms with van der Waals surface area (Å²) in [4.78, 5) is 2.30. The van der Waals surface area contributed by atoms with Gasteiger partial charge in [-0.1, -0.05) is 5.21 Å². The van der Waals surface area contributed by atoms with Gasteiger partial charge in [0.25, 0.3) is 0 Å². The summed E-state index contributed by atoms with van der Waals surface area (Å²) in [5, 5.41) is 17.9. The van der Waals surface area contributed by atoms with Gasteiger partial charge >= 0.3 is 0 Å². The van der Waals surface area contributed by atoms with E-state index in [1.807, 2.05) is 12.1 Å². The third-order valence-electron chi connectivity index (χ3n) is 4.39. The number of nitrogens with zero attached hydrogens (tertiary/aromatic N) is 4. The van der Waals surface area contributed by atoms with Gasteiger partial charge in [-0.15, -0.1) is 5.10 Å². The molecule has 1 saturated heterocycles. The van der Waals surface area contributed by atoms with E-state index in [2.05, 4.69) is 41.2 Å². The van der Waals surface area contributed by atoms with Gasteiger partial charge in [0.2, 0.25) is 0 Å². The molecule has 0 saturated carbocycles. The van der Waals surface area contributed by atoms with E-state index in [9.17, 15) is 5.11 Å². The van der Waals surface area contributed by atoms with Crippen LogP contribution in [0.4, 0.5) is 5.69 Å². The predicted octanol–water partition coefficient (Wildman–Crippen LogP) is 2.46. The van der Waals surface area contributed by atoms with Crippen molar-refractivity contribution in [1.29, 1.82) is 0 Å². The molecule has 6 nitrogen and oxygen atoms in total. The second-order valence-corrected chi connectivity index (χ2v) is 5.68. The van der Waals surface area contributed by atoms with Crippen molar-refractivity contribution in [3.05, 3.63) is 35.7 Å². The van der Waals surface area contributed by atoms with Crippen LogP contribution in [0.5, 0.6) is 0 Å². The van der Waals surface area contributed by atoms with Crippen LogP contribution in [0, 0.1) is 0 Å². The van der Waals surface area contributed by atoms with Gasteiger partial charge in [0.15, 0.2) is 0 Å². The molecule has 1 fully saturated rings. The van der Waals surface area contributed by atoms with Crippen LogP contribution in [0.2, 0.25) is 0 Å². The van der Waals surface area contributed by atoms with Crippen molar-refractivity contribution in [3.8, 4) is 5.69 Å². The maximum atomic E-state index is 9.54. The van der Waals surface area contributed by atoms with Crippen molar-refractivity contribution >= 4 is 5.69 Å². The molecule has 2 aromatic rings. The van der Waals surface area contributed by atoms with Crippen LogP contribution in [0.3, 0.4) is 0 Å². The first-order valence-corrected chi connectivity index (χ1v) is 8.30. The lowest BCUT2D eigenvalue weighted by Crippen LogP contribution is -2.21. The van der Waals surface area contributed by atoms with Crippen molar-refractivity contribution in [2.75, 3.05) is 24.6 Å². The first-order chi connectivity index (χ1) is 11.3. The highest BCUT2D eigenvalue weighted by Crippen LogP contribution is 2.31. The van der Waals surface area contributed by atoms with Crippen LogP contribution >= 0.6 is 0 Å². The monoisotopic (exact) mass is 316 g/mol. The van der Waals surface area contributed by atoms with Crippen molar-refractivity contribution < 1.29 is 9.84 Å². The number of hydrogen-bond acceptors (Lipinski definition) is 5. The predicted molar refractivity (Wildman–Crippen MR) is 88.8 cm³/mol. The van der Waals surface area contributed by atoms with Gasteiger partial charge < -0.3 is 14.7 Å². The molecule has 0 spiro atoms. The normalized spacial score (nSPS) is 17.6. The Kier molecular flexibility index (Phi) is 4.93. The second kappa shape index (κ2) is 7.10. The average molecular weight is 316 g/mol. The van der Waals surface area contributed by atoms with Crippen LogP contribution in [0.15, 0.2) is 24.3 Å². The SMILES string of the molecule is CCN(CC)c1ccc(-n2nnc(CO)c2C2CCCO2)cc1. The number of hydrogen-bond donors (Lipinski definition) is 1. The highest BCUT2D eigenvalue weighted by Gasteiger charge is 2.26. The van der Waals surface area contributed by atoms with Crippen molar-refractivity contribution in [2.24, 2.45) is 0 Å². The number of aromatic nitrogens is 3. The molecule has 0 aliphatic carbocycles. The Balaban J connectivity index is 1.93. The third kappa shape index (κ3) is 3.09. The maximum Gasteiger partial charge on any atom is 0.114 e. The topological polar surface area (TPSA) is 63.4 Å². The molecule has 3 rings (SSSR count). The lowest BCUT2D eigenvalue weighted by Gasteiger charge is -2.21. The summed E-state index contributed by atoms with van der Waals surface area (Å²) in [5.74, 6) is 0. The standard InChI is InChI=1S/C17H24N4O2/c1-3-20(4-2)13-7-9-14(10-8-13)21-17(15(12-22)18-19-21)16-6-5-11-23-16/h7-10,16,22H,3-6,11-12H2,1-2H3. The molecule has 6 heteroatoms. The zero-order valence-electron chi connectivity index (χ0n) is 13.8. The fourth-order valence-corrected chi connectivity index (χ4v) is 3.13. The zero-order chi connectivity index (χ0) is 16.2. The molecule has 1 aromatic carbocycles. The van der Waals surface area contributed by atoms with E-state index >= 15 is 0 Å². The molecule has 1 aliphatic heterocycles. The van der Waals surface area contributed by atoms with Crippen LogP contribution in [0.1, 0.15) is 44.2 Å². The summed E-state index contributed by atoms with van der Waals surface area (Å²) in [5.41, 5.74) is 3.61. The minimum absolute atomic E-state index is 0.0328. The number of ether oxygens (including phenoxy) is 1. The molecule has 124 valence electrons. The van der Waals surface area contributed by atoms with Crippen molar-refractivity contribution in [2.45, 2.75) is 39.4 Å². The molecule has 1 N–H and O–H groups in total. The van der Waals surface area contributed by atoms with E-state index in [0.717, 1.165) is 43.9 Å². The van der Waals surface area contributed by atoms with Crippen LogP contribution < -0.4 is 4.90 Å². The largest absolute Gasteiger partial charge is 0.390 e. The van der Waals surface area contributed by atoms with E-state index in [4.69, 9.17) is 4.74 Å². The van der Waals surface area contributed by atoms with Crippen LogP contribution in [-0.2, 0) is 11.3 Å². The molecule has 1 atom stereocenters. The molecule has 1 unspecified atom stereocenters. The third-order valence-corrected chi connectivity index (χ3v) is 4.39. The van der Waals surface area contributed by atoms with Crippen molar-refractivity contribution in [1.82, 2.24) is 15.0 Å². The molecule has 0 amide bonds. The van der Waals surface area contributed by atoms with Gasteiger partial charge in [0, 0.05) is 25.4 Å². The Hall–Kier alpha value is -1.92. The Bertz CT molecular complexity index is 629. The Morgan fingerprint density at radius 1 is 1.26 bits per heavy atom. The van der Waals surface area contributed by atoms with E-state index in [0.29, 0.717) is 5.69 Å². The van der Waals surface area contributed by atoms with Gasteiger partial charge in [-0.05, 0) is 51.0 Å². The lowest BCUT2D eigenvalue weighted by molar-refractivity contribution is 0.104. The smallest absolute Gasteiger partial charge is 0.114 e. The number of benzene rings is 1. The fourth-order valence-electron chi connectivity index (χ4n) is 3.13. The zero-order valence-corrected chi connectivity index (χ0v) is 13.8. The minimum atomic E-state index is -0.118. The maximum absolute atomic E-state index is 9.54. The highest BCUT2D eigenvalue weighted by molar-refractivity contribution is 5.51. The fraction of sp³-hybridized carbons (Fsp3) is 0.529. The molecule has 0 bridgehead atoms. The van der Waals surface area contributed by atoms with E-state index in [1.165, 1.54) is 5.69 Å². The summed E-state index contributed by atoms with van der Waals surface area (Å²) in [6.07, 6.45) is 1.94. The quantitative estimate of drug-likeness (QED) is 0.887. The van der Waals surface area contributed by atoms with E-state index in [-0.39, 0.29) is 12.7 Å². The highest BCUT2D eigenvalue weighted by atomic mass is 16.5. The van der Waals surface area contributed by atoms with Crippen LogP contribution in [0.25, 0.3) is 5.69 Å². The molecule has 1 aromatic heterocycles. The summed E-state index contributed by atoms with van der Waals surface area (Å²) >= 11 is 0. The number of rotatable bonds is 6. The van der Waals surface area contributed by atoms with Gasteiger partial charge in [-0.2, -0.15) is 0 Å². The molecular weight excluding hydrogens is 292 g/mol. The van der Waals surface area contributed by atoms with Crippen molar-refractivity contribution in [3.63, 3.8) is 0 Å². The van der Waals surface area contributed by atoms with Gasteiger partial charge in [-0.25, -0.2) is 4.68 Å². The number of aliphatic hydroxyl groups is 1. The summed E-state index contributed by atoms with van der Waals surface area (Å²) in [6.45, 7) is 6.90. The molecule has 2 heterocycles.